The van der Waals surface area contributed by atoms with Gasteiger partial charge < -0.3 is 5.73 Å². The summed E-state index contributed by atoms with van der Waals surface area (Å²) in [4.78, 5) is 0. The highest BCUT2D eigenvalue weighted by molar-refractivity contribution is 6.31. The summed E-state index contributed by atoms with van der Waals surface area (Å²) in [5, 5.41) is 4.91. The third-order valence-electron chi connectivity index (χ3n) is 3.18. The molecule has 0 amide bonds. The Morgan fingerprint density at radius 1 is 1.32 bits per heavy atom. The first-order valence-electron chi connectivity index (χ1n) is 6.34. The standard InChI is InChI=1S/C14H17ClFN3/c1-3-12-14(17)13(4-2)19(18-12)8-9-5-6-10(16)7-11(9)15/h5-7H,3-4,8,17H2,1-2H3. The fraction of sp³-hybridized carbons (Fsp3) is 0.357. The SMILES string of the molecule is CCc1nn(Cc2ccc(F)cc2Cl)c(CC)c1N. The van der Waals surface area contributed by atoms with Crippen molar-refractivity contribution in [3.8, 4) is 0 Å². The molecule has 102 valence electrons. The van der Waals surface area contributed by atoms with Crippen LogP contribution in [0.3, 0.4) is 0 Å². The molecule has 2 rings (SSSR count). The van der Waals surface area contributed by atoms with E-state index in [0.717, 1.165) is 35.5 Å². The summed E-state index contributed by atoms with van der Waals surface area (Å²) in [5.74, 6) is -0.335. The molecular formula is C14H17ClFN3. The summed E-state index contributed by atoms with van der Waals surface area (Å²) < 4.78 is 14.9. The lowest BCUT2D eigenvalue weighted by Gasteiger charge is -2.08. The highest BCUT2D eigenvalue weighted by Crippen LogP contribution is 2.23. The maximum atomic E-state index is 13.0. The normalized spacial score (nSPS) is 10.9. The van der Waals surface area contributed by atoms with E-state index in [0.29, 0.717) is 11.6 Å². The number of hydrogen-bond donors (Lipinski definition) is 1. The van der Waals surface area contributed by atoms with Crippen molar-refractivity contribution >= 4 is 17.3 Å². The van der Waals surface area contributed by atoms with Gasteiger partial charge in [-0.15, -0.1) is 0 Å². The Morgan fingerprint density at radius 2 is 2.05 bits per heavy atom. The van der Waals surface area contributed by atoms with Gasteiger partial charge in [-0.2, -0.15) is 5.10 Å². The average molecular weight is 282 g/mol. The average Bonchev–Trinajstić information content (AvgIpc) is 2.68. The lowest BCUT2D eigenvalue weighted by molar-refractivity contribution is 0.619. The zero-order chi connectivity index (χ0) is 14.0. The third kappa shape index (κ3) is 2.73. The first-order chi connectivity index (χ1) is 9.06. The highest BCUT2D eigenvalue weighted by Gasteiger charge is 2.13. The van der Waals surface area contributed by atoms with E-state index in [4.69, 9.17) is 17.3 Å². The van der Waals surface area contributed by atoms with E-state index in [-0.39, 0.29) is 5.82 Å². The van der Waals surface area contributed by atoms with Gasteiger partial charge >= 0.3 is 0 Å². The first kappa shape index (κ1) is 13.9. The summed E-state index contributed by atoms with van der Waals surface area (Å²) in [6.07, 6.45) is 1.60. The van der Waals surface area contributed by atoms with Gasteiger partial charge in [0, 0.05) is 5.02 Å². The Labute approximate surface area is 117 Å². The highest BCUT2D eigenvalue weighted by atomic mass is 35.5. The van der Waals surface area contributed by atoms with E-state index < -0.39 is 0 Å². The first-order valence-corrected chi connectivity index (χ1v) is 6.72. The molecule has 1 heterocycles. The molecule has 0 fully saturated rings. The zero-order valence-corrected chi connectivity index (χ0v) is 11.8. The monoisotopic (exact) mass is 281 g/mol. The second-order valence-corrected chi connectivity index (χ2v) is 4.81. The van der Waals surface area contributed by atoms with Crippen LogP contribution in [-0.4, -0.2) is 9.78 Å². The fourth-order valence-corrected chi connectivity index (χ4v) is 2.37. The van der Waals surface area contributed by atoms with E-state index in [9.17, 15) is 4.39 Å². The van der Waals surface area contributed by atoms with Gasteiger partial charge in [-0.25, -0.2) is 4.39 Å². The maximum Gasteiger partial charge on any atom is 0.124 e. The van der Waals surface area contributed by atoms with Gasteiger partial charge in [0.2, 0.25) is 0 Å². The lowest BCUT2D eigenvalue weighted by Crippen LogP contribution is -2.07. The van der Waals surface area contributed by atoms with E-state index in [1.807, 2.05) is 18.5 Å². The van der Waals surface area contributed by atoms with Crippen LogP contribution in [0.5, 0.6) is 0 Å². The third-order valence-corrected chi connectivity index (χ3v) is 3.53. The van der Waals surface area contributed by atoms with E-state index in [2.05, 4.69) is 5.10 Å². The van der Waals surface area contributed by atoms with Crippen molar-refractivity contribution in [1.82, 2.24) is 9.78 Å². The number of anilines is 1. The van der Waals surface area contributed by atoms with Gasteiger partial charge in [0.15, 0.2) is 0 Å². The molecule has 0 aliphatic heterocycles. The Balaban J connectivity index is 2.37. The number of nitrogens with two attached hydrogens (primary N) is 1. The number of aromatic nitrogens is 2. The molecule has 0 aliphatic rings. The number of nitrogen functional groups attached to an aromatic ring is 1. The summed E-state index contributed by atoms with van der Waals surface area (Å²) in [5.41, 5.74) is 9.55. The van der Waals surface area contributed by atoms with E-state index in [1.54, 1.807) is 6.07 Å². The quantitative estimate of drug-likeness (QED) is 0.933. The number of benzene rings is 1. The molecule has 0 aliphatic carbocycles. The fourth-order valence-electron chi connectivity index (χ4n) is 2.14. The van der Waals surface area contributed by atoms with Gasteiger partial charge in [0.1, 0.15) is 5.82 Å². The van der Waals surface area contributed by atoms with Gasteiger partial charge in [0.25, 0.3) is 0 Å². The number of aryl methyl sites for hydroxylation is 1. The van der Waals surface area contributed by atoms with Crippen LogP contribution in [0.1, 0.15) is 30.8 Å². The predicted octanol–water partition coefficient (Wildman–Crippen LogP) is 3.43. The van der Waals surface area contributed by atoms with Gasteiger partial charge in [-0.3, -0.25) is 4.68 Å². The second kappa shape index (κ2) is 5.61. The van der Waals surface area contributed by atoms with E-state index in [1.165, 1.54) is 12.1 Å². The molecule has 0 saturated carbocycles. The Bertz CT molecular complexity index is 593. The molecule has 1 aromatic heterocycles. The number of nitrogens with zero attached hydrogens (tertiary/aromatic N) is 2. The van der Waals surface area contributed by atoms with Crippen molar-refractivity contribution < 1.29 is 4.39 Å². The Kier molecular flexibility index (Phi) is 4.10. The van der Waals surface area contributed by atoms with Crippen molar-refractivity contribution in [2.45, 2.75) is 33.2 Å². The van der Waals surface area contributed by atoms with Crippen molar-refractivity contribution in [2.24, 2.45) is 0 Å². The lowest BCUT2D eigenvalue weighted by atomic mass is 10.2. The van der Waals surface area contributed by atoms with E-state index >= 15 is 0 Å². The Morgan fingerprint density at radius 3 is 2.63 bits per heavy atom. The van der Waals surface area contributed by atoms with Crippen LogP contribution in [0.15, 0.2) is 18.2 Å². The predicted molar refractivity (Wildman–Crippen MR) is 75.9 cm³/mol. The molecule has 2 aromatic rings. The number of halogens is 2. The van der Waals surface area contributed by atoms with Crippen molar-refractivity contribution in [2.75, 3.05) is 5.73 Å². The summed E-state index contributed by atoms with van der Waals surface area (Å²) >= 11 is 6.04. The molecule has 19 heavy (non-hydrogen) atoms. The Hall–Kier alpha value is -1.55. The van der Waals surface area contributed by atoms with Crippen LogP contribution in [0.4, 0.5) is 10.1 Å². The minimum atomic E-state index is -0.335. The van der Waals surface area contributed by atoms with Gasteiger partial charge in [-0.1, -0.05) is 31.5 Å². The van der Waals surface area contributed by atoms with Crippen molar-refractivity contribution in [1.29, 1.82) is 0 Å². The van der Waals surface area contributed by atoms with Crippen LogP contribution in [0.2, 0.25) is 5.02 Å². The molecule has 0 bridgehead atoms. The molecular weight excluding hydrogens is 265 g/mol. The van der Waals surface area contributed by atoms with Crippen LogP contribution in [0, 0.1) is 5.82 Å². The van der Waals surface area contributed by atoms with Crippen LogP contribution in [-0.2, 0) is 19.4 Å². The molecule has 5 heteroatoms. The molecule has 0 unspecified atom stereocenters. The van der Waals surface area contributed by atoms with Crippen molar-refractivity contribution in [3.05, 3.63) is 46.0 Å². The van der Waals surface area contributed by atoms with Crippen molar-refractivity contribution in [3.63, 3.8) is 0 Å². The number of hydrogen-bond acceptors (Lipinski definition) is 2. The smallest absolute Gasteiger partial charge is 0.124 e. The molecule has 2 N–H and O–H groups in total. The van der Waals surface area contributed by atoms with Crippen LogP contribution in [0.25, 0.3) is 0 Å². The summed E-state index contributed by atoms with van der Waals surface area (Å²) in [6.45, 7) is 4.56. The zero-order valence-electron chi connectivity index (χ0n) is 11.1. The largest absolute Gasteiger partial charge is 0.396 e. The molecule has 0 atom stereocenters. The van der Waals surface area contributed by atoms with Gasteiger partial charge in [0.05, 0.1) is 23.6 Å². The molecule has 3 nitrogen and oxygen atoms in total. The second-order valence-electron chi connectivity index (χ2n) is 4.41. The van der Waals surface area contributed by atoms with Crippen LogP contribution >= 0.6 is 11.6 Å². The molecule has 0 radical (unpaired) electrons. The van der Waals surface area contributed by atoms with Crippen LogP contribution < -0.4 is 5.73 Å². The summed E-state index contributed by atoms with van der Waals surface area (Å²) in [6, 6.07) is 4.40. The molecule has 0 saturated heterocycles. The maximum absolute atomic E-state index is 13.0. The minimum Gasteiger partial charge on any atom is -0.396 e. The topological polar surface area (TPSA) is 43.8 Å². The molecule has 1 aromatic carbocycles. The minimum absolute atomic E-state index is 0.335. The summed E-state index contributed by atoms with van der Waals surface area (Å²) in [7, 11) is 0. The van der Waals surface area contributed by atoms with Gasteiger partial charge in [-0.05, 0) is 30.5 Å². The number of rotatable bonds is 4. The molecule has 0 spiro atoms.